The summed E-state index contributed by atoms with van der Waals surface area (Å²) in [6.07, 6.45) is 2.57. The Morgan fingerprint density at radius 2 is 2.33 bits per heavy atom. The van der Waals surface area contributed by atoms with E-state index in [4.69, 9.17) is 16.7 Å². The van der Waals surface area contributed by atoms with Gasteiger partial charge in [-0.3, -0.25) is 0 Å². The number of rotatable bonds is 5. The van der Waals surface area contributed by atoms with Gasteiger partial charge >= 0.3 is 0 Å². The lowest BCUT2D eigenvalue weighted by Crippen LogP contribution is -2.17. The van der Waals surface area contributed by atoms with Gasteiger partial charge in [0.15, 0.2) is 5.16 Å². The van der Waals surface area contributed by atoms with Crippen LogP contribution in [0.15, 0.2) is 11.2 Å². The molecule has 0 saturated heterocycles. The van der Waals surface area contributed by atoms with Crippen LogP contribution in [0.1, 0.15) is 13.3 Å². The molecule has 84 valence electrons. The van der Waals surface area contributed by atoms with E-state index >= 15 is 0 Å². The van der Waals surface area contributed by atoms with Crippen LogP contribution in [0.4, 0.5) is 5.82 Å². The van der Waals surface area contributed by atoms with Gasteiger partial charge in [-0.1, -0.05) is 23.4 Å². The Labute approximate surface area is 98.5 Å². The molecule has 0 aliphatic heterocycles. The van der Waals surface area contributed by atoms with E-state index in [0.717, 1.165) is 0 Å². The third-order valence-corrected chi connectivity index (χ3v) is 2.55. The van der Waals surface area contributed by atoms with Crippen molar-refractivity contribution in [3.8, 4) is 0 Å². The zero-order valence-corrected chi connectivity index (χ0v) is 10.3. The van der Waals surface area contributed by atoms with Crippen LogP contribution in [0.5, 0.6) is 0 Å². The fourth-order valence-corrected chi connectivity index (χ4v) is 1.69. The van der Waals surface area contributed by atoms with Gasteiger partial charge in [0.25, 0.3) is 0 Å². The third kappa shape index (κ3) is 4.24. The van der Waals surface area contributed by atoms with E-state index in [2.05, 4.69) is 15.3 Å². The Balaban J connectivity index is 2.71. The van der Waals surface area contributed by atoms with Crippen molar-refractivity contribution in [3.63, 3.8) is 0 Å². The van der Waals surface area contributed by atoms with Crippen LogP contribution in [0.25, 0.3) is 0 Å². The lowest BCUT2D eigenvalue weighted by atomic mass is 10.2. The molecule has 15 heavy (non-hydrogen) atoms. The Morgan fingerprint density at radius 3 is 2.93 bits per heavy atom. The average molecular weight is 248 g/mol. The molecule has 0 fully saturated rings. The van der Waals surface area contributed by atoms with Gasteiger partial charge < -0.3 is 10.4 Å². The SMILES string of the molecule is CSc1nc(Cl)cc(NC(C)CCO)n1. The highest BCUT2D eigenvalue weighted by Crippen LogP contribution is 2.17. The number of halogens is 1. The van der Waals surface area contributed by atoms with Crippen LogP contribution in [-0.2, 0) is 0 Å². The zero-order valence-electron chi connectivity index (χ0n) is 8.70. The summed E-state index contributed by atoms with van der Waals surface area (Å²) in [6.45, 7) is 2.13. The summed E-state index contributed by atoms with van der Waals surface area (Å²) in [7, 11) is 0. The van der Waals surface area contributed by atoms with E-state index in [1.807, 2.05) is 13.2 Å². The first kappa shape index (κ1) is 12.5. The molecule has 0 aliphatic rings. The molecule has 1 rings (SSSR count). The highest BCUT2D eigenvalue weighted by atomic mass is 35.5. The largest absolute Gasteiger partial charge is 0.396 e. The van der Waals surface area contributed by atoms with Crippen molar-refractivity contribution in [2.24, 2.45) is 0 Å². The van der Waals surface area contributed by atoms with Gasteiger partial charge in [-0.25, -0.2) is 9.97 Å². The van der Waals surface area contributed by atoms with Crippen molar-refractivity contribution >= 4 is 29.2 Å². The molecule has 1 atom stereocenters. The third-order valence-electron chi connectivity index (χ3n) is 1.81. The van der Waals surface area contributed by atoms with Gasteiger partial charge in [-0.2, -0.15) is 0 Å². The van der Waals surface area contributed by atoms with E-state index in [-0.39, 0.29) is 12.6 Å². The van der Waals surface area contributed by atoms with Crippen molar-refractivity contribution in [2.75, 3.05) is 18.2 Å². The first-order valence-electron chi connectivity index (χ1n) is 4.61. The van der Waals surface area contributed by atoms with Gasteiger partial charge in [0.1, 0.15) is 11.0 Å². The molecule has 0 bridgehead atoms. The van der Waals surface area contributed by atoms with Crippen molar-refractivity contribution in [2.45, 2.75) is 24.5 Å². The number of anilines is 1. The molecule has 1 unspecified atom stereocenters. The van der Waals surface area contributed by atoms with Crippen LogP contribution < -0.4 is 5.32 Å². The van der Waals surface area contributed by atoms with Gasteiger partial charge in [-0.05, 0) is 19.6 Å². The van der Waals surface area contributed by atoms with Crippen molar-refractivity contribution in [3.05, 3.63) is 11.2 Å². The maximum absolute atomic E-state index is 8.77. The van der Waals surface area contributed by atoms with Gasteiger partial charge in [0.05, 0.1) is 0 Å². The first-order chi connectivity index (χ1) is 7.15. The number of hydrogen-bond donors (Lipinski definition) is 2. The predicted octanol–water partition coefficient (Wildman–Crippen LogP) is 2.03. The summed E-state index contributed by atoms with van der Waals surface area (Å²) in [5.41, 5.74) is 0. The summed E-state index contributed by atoms with van der Waals surface area (Å²) < 4.78 is 0. The minimum Gasteiger partial charge on any atom is -0.396 e. The molecule has 0 aromatic carbocycles. The Morgan fingerprint density at radius 1 is 1.60 bits per heavy atom. The molecule has 0 radical (unpaired) electrons. The molecule has 4 nitrogen and oxygen atoms in total. The lowest BCUT2D eigenvalue weighted by Gasteiger charge is -2.13. The highest BCUT2D eigenvalue weighted by molar-refractivity contribution is 7.98. The van der Waals surface area contributed by atoms with E-state index in [1.165, 1.54) is 11.8 Å². The van der Waals surface area contributed by atoms with Crippen molar-refractivity contribution < 1.29 is 5.11 Å². The summed E-state index contributed by atoms with van der Waals surface area (Å²) in [4.78, 5) is 8.28. The number of nitrogens with one attached hydrogen (secondary N) is 1. The van der Waals surface area contributed by atoms with Crippen LogP contribution in [0.2, 0.25) is 5.15 Å². The van der Waals surface area contributed by atoms with Crippen LogP contribution in [0, 0.1) is 0 Å². The number of hydrogen-bond acceptors (Lipinski definition) is 5. The van der Waals surface area contributed by atoms with Crippen molar-refractivity contribution in [1.29, 1.82) is 0 Å². The van der Waals surface area contributed by atoms with E-state index in [1.54, 1.807) is 6.07 Å². The fraction of sp³-hybridized carbons (Fsp3) is 0.556. The number of aromatic nitrogens is 2. The molecule has 0 spiro atoms. The second kappa shape index (κ2) is 6.15. The van der Waals surface area contributed by atoms with Gasteiger partial charge in [0, 0.05) is 18.7 Å². The monoisotopic (exact) mass is 247 g/mol. The standard InChI is InChI=1S/C9H14ClN3OS/c1-6(3-4-14)11-8-5-7(10)12-9(13-8)15-2/h5-6,14H,3-4H2,1-2H3,(H,11,12,13). The molecular formula is C9H14ClN3OS. The summed E-state index contributed by atoms with van der Waals surface area (Å²) in [5.74, 6) is 0.695. The van der Waals surface area contributed by atoms with Crippen LogP contribution in [-0.4, -0.2) is 34.0 Å². The highest BCUT2D eigenvalue weighted by Gasteiger charge is 2.05. The second-order valence-corrected chi connectivity index (χ2v) is 4.28. The molecule has 0 amide bonds. The Kier molecular flexibility index (Phi) is 5.14. The zero-order chi connectivity index (χ0) is 11.3. The summed E-state index contributed by atoms with van der Waals surface area (Å²) in [6, 6.07) is 1.84. The maximum Gasteiger partial charge on any atom is 0.190 e. The first-order valence-corrected chi connectivity index (χ1v) is 6.22. The maximum atomic E-state index is 8.77. The van der Waals surface area contributed by atoms with E-state index in [0.29, 0.717) is 22.5 Å². The number of thioether (sulfide) groups is 1. The molecule has 0 saturated carbocycles. The average Bonchev–Trinajstić information content (AvgIpc) is 2.17. The van der Waals surface area contributed by atoms with Gasteiger partial charge in [-0.15, -0.1) is 0 Å². The smallest absolute Gasteiger partial charge is 0.190 e. The van der Waals surface area contributed by atoms with Gasteiger partial charge in [0.2, 0.25) is 0 Å². The topological polar surface area (TPSA) is 58.0 Å². The Bertz CT molecular complexity index is 324. The molecule has 1 aromatic heterocycles. The number of nitrogens with zero attached hydrogens (tertiary/aromatic N) is 2. The fourth-order valence-electron chi connectivity index (χ4n) is 1.08. The number of aliphatic hydroxyl groups is 1. The molecule has 6 heteroatoms. The molecule has 2 N–H and O–H groups in total. The summed E-state index contributed by atoms with van der Waals surface area (Å²) in [5, 5.41) is 13.0. The quantitative estimate of drug-likeness (QED) is 0.474. The predicted molar refractivity (Wildman–Crippen MR) is 63.6 cm³/mol. The normalized spacial score (nSPS) is 12.5. The summed E-state index contributed by atoms with van der Waals surface area (Å²) >= 11 is 7.28. The minimum absolute atomic E-state index is 0.155. The van der Waals surface area contributed by atoms with E-state index in [9.17, 15) is 0 Å². The van der Waals surface area contributed by atoms with E-state index < -0.39 is 0 Å². The molecular weight excluding hydrogens is 234 g/mol. The molecule has 1 aromatic rings. The Hall–Kier alpha value is -0.520. The lowest BCUT2D eigenvalue weighted by molar-refractivity contribution is 0.282. The van der Waals surface area contributed by atoms with Crippen LogP contribution in [0.3, 0.4) is 0 Å². The van der Waals surface area contributed by atoms with Crippen LogP contribution >= 0.6 is 23.4 Å². The second-order valence-electron chi connectivity index (χ2n) is 3.12. The molecule has 1 heterocycles. The minimum atomic E-state index is 0.155. The van der Waals surface area contributed by atoms with Crippen molar-refractivity contribution in [1.82, 2.24) is 9.97 Å². The number of aliphatic hydroxyl groups excluding tert-OH is 1. The molecule has 0 aliphatic carbocycles.